The van der Waals surface area contributed by atoms with Gasteiger partial charge in [0.25, 0.3) is 0 Å². The lowest BCUT2D eigenvalue weighted by atomic mass is 9.89. The minimum Gasteiger partial charge on any atom is -0.381 e. The van der Waals surface area contributed by atoms with Crippen LogP contribution in [0.1, 0.15) is 29.3 Å². The Labute approximate surface area is 95.6 Å². The molecular formula is C12H19NOS. The molecule has 2 unspecified atom stereocenters. The van der Waals surface area contributed by atoms with Gasteiger partial charge >= 0.3 is 0 Å². The summed E-state index contributed by atoms with van der Waals surface area (Å²) < 4.78 is 5.57. The first-order chi connectivity index (χ1) is 7.33. The van der Waals surface area contributed by atoms with Crippen LogP contribution in [0.3, 0.4) is 0 Å². The molecule has 1 fully saturated rings. The highest BCUT2D eigenvalue weighted by atomic mass is 32.1. The molecule has 15 heavy (non-hydrogen) atoms. The van der Waals surface area contributed by atoms with E-state index in [0.717, 1.165) is 13.2 Å². The fourth-order valence-corrected chi connectivity index (χ4v) is 3.14. The lowest BCUT2D eigenvalue weighted by molar-refractivity contribution is 0.0402. The fraction of sp³-hybridized carbons (Fsp3) is 0.667. The zero-order valence-electron chi connectivity index (χ0n) is 9.45. The molecule has 2 nitrogen and oxygen atoms in total. The summed E-state index contributed by atoms with van der Waals surface area (Å²) in [4.78, 5) is 1.43. The third kappa shape index (κ3) is 2.41. The van der Waals surface area contributed by atoms with E-state index < -0.39 is 0 Å². The summed E-state index contributed by atoms with van der Waals surface area (Å²) in [5.74, 6) is 0.636. The topological polar surface area (TPSA) is 21.3 Å². The van der Waals surface area contributed by atoms with Crippen LogP contribution in [-0.4, -0.2) is 20.3 Å². The summed E-state index contributed by atoms with van der Waals surface area (Å²) in [6.45, 7) is 4.05. The van der Waals surface area contributed by atoms with Crippen LogP contribution in [0.15, 0.2) is 11.4 Å². The Balaban J connectivity index is 2.12. The molecule has 0 amide bonds. The van der Waals surface area contributed by atoms with Crippen LogP contribution in [0.2, 0.25) is 0 Å². The van der Waals surface area contributed by atoms with Gasteiger partial charge in [-0.2, -0.15) is 0 Å². The first-order valence-electron chi connectivity index (χ1n) is 5.62. The standard InChI is InChI=1S/C12H19NOS/c1-9-11(5-7-15-9)12(13-2)10-4-3-6-14-8-10/h5,7,10,12-13H,3-4,6,8H2,1-2H3. The van der Waals surface area contributed by atoms with Crippen LogP contribution in [0, 0.1) is 12.8 Å². The van der Waals surface area contributed by atoms with E-state index in [1.54, 1.807) is 0 Å². The number of thiophene rings is 1. The zero-order valence-corrected chi connectivity index (χ0v) is 10.3. The van der Waals surface area contributed by atoms with Crippen LogP contribution < -0.4 is 5.32 Å². The maximum atomic E-state index is 5.57. The summed E-state index contributed by atoms with van der Waals surface area (Å²) in [5, 5.41) is 5.62. The highest BCUT2D eigenvalue weighted by molar-refractivity contribution is 7.10. The van der Waals surface area contributed by atoms with E-state index in [0.29, 0.717) is 12.0 Å². The Morgan fingerprint density at radius 1 is 1.60 bits per heavy atom. The van der Waals surface area contributed by atoms with E-state index in [4.69, 9.17) is 4.74 Å². The number of nitrogens with one attached hydrogen (secondary N) is 1. The van der Waals surface area contributed by atoms with E-state index in [-0.39, 0.29) is 0 Å². The smallest absolute Gasteiger partial charge is 0.0512 e. The maximum Gasteiger partial charge on any atom is 0.0512 e. The molecule has 1 aromatic rings. The molecular weight excluding hydrogens is 206 g/mol. The minimum atomic E-state index is 0.469. The first-order valence-corrected chi connectivity index (χ1v) is 6.50. The van der Waals surface area contributed by atoms with Gasteiger partial charge in [0.15, 0.2) is 0 Å². The van der Waals surface area contributed by atoms with Crippen LogP contribution >= 0.6 is 11.3 Å². The van der Waals surface area contributed by atoms with Gasteiger partial charge in [-0.1, -0.05) is 0 Å². The monoisotopic (exact) mass is 225 g/mol. The summed E-state index contributed by atoms with van der Waals surface area (Å²) >= 11 is 1.83. The van der Waals surface area contributed by atoms with Gasteiger partial charge in [-0.05, 0) is 43.8 Å². The molecule has 0 aromatic carbocycles. The summed E-state index contributed by atoms with van der Waals surface area (Å²) in [6, 6.07) is 2.71. The summed E-state index contributed by atoms with van der Waals surface area (Å²) in [5.41, 5.74) is 1.46. The Morgan fingerprint density at radius 3 is 3.00 bits per heavy atom. The second kappa shape index (κ2) is 5.10. The molecule has 0 spiro atoms. The lowest BCUT2D eigenvalue weighted by Crippen LogP contribution is -2.31. The molecule has 0 aliphatic carbocycles. The molecule has 0 radical (unpaired) electrons. The normalized spacial score (nSPS) is 24.0. The summed E-state index contributed by atoms with van der Waals surface area (Å²) in [6.07, 6.45) is 2.48. The molecule has 1 N–H and O–H groups in total. The third-order valence-corrected chi connectivity index (χ3v) is 4.07. The van der Waals surface area contributed by atoms with Gasteiger partial charge in [-0.3, -0.25) is 0 Å². The van der Waals surface area contributed by atoms with E-state index >= 15 is 0 Å². The number of ether oxygens (including phenoxy) is 1. The van der Waals surface area contributed by atoms with Crippen LogP contribution in [0.5, 0.6) is 0 Å². The van der Waals surface area contributed by atoms with Gasteiger partial charge in [0.1, 0.15) is 0 Å². The molecule has 1 aliphatic rings. The Hall–Kier alpha value is -0.380. The molecule has 1 aliphatic heterocycles. The Morgan fingerprint density at radius 2 is 2.47 bits per heavy atom. The second-order valence-electron chi connectivity index (χ2n) is 4.18. The maximum absolute atomic E-state index is 5.57. The van der Waals surface area contributed by atoms with Crippen LogP contribution in [-0.2, 0) is 4.74 Å². The van der Waals surface area contributed by atoms with Crippen molar-refractivity contribution < 1.29 is 4.74 Å². The number of rotatable bonds is 3. The number of aryl methyl sites for hydroxylation is 1. The first kappa shape index (κ1) is 11.1. The number of hydrogen-bond acceptors (Lipinski definition) is 3. The Bertz CT molecular complexity index is 304. The van der Waals surface area contributed by atoms with Crippen molar-refractivity contribution in [2.24, 2.45) is 5.92 Å². The Kier molecular flexibility index (Phi) is 3.78. The van der Waals surface area contributed by atoms with Gasteiger partial charge in [-0.15, -0.1) is 11.3 Å². The van der Waals surface area contributed by atoms with E-state index in [1.165, 1.54) is 23.3 Å². The van der Waals surface area contributed by atoms with Gasteiger partial charge < -0.3 is 10.1 Å². The van der Waals surface area contributed by atoms with Crippen molar-refractivity contribution in [3.63, 3.8) is 0 Å². The fourth-order valence-electron chi connectivity index (χ4n) is 2.39. The molecule has 1 aromatic heterocycles. The zero-order chi connectivity index (χ0) is 10.7. The summed E-state index contributed by atoms with van der Waals surface area (Å²) in [7, 11) is 2.05. The molecule has 2 atom stereocenters. The van der Waals surface area contributed by atoms with Crippen molar-refractivity contribution >= 4 is 11.3 Å². The van der Waals surface area contributed by atoms with Gasteiger partial charge in [0.05, 0.1) is 6.61 Å². The molecule has 0 saturated carbocycles. The van der Waals surface area contributed by atoms with Crippen LogP contribution in [0.25, 0.3) is 0 Å². The molecule has 0 bridgehead atoms. The van der Waals surface area contributed by atoms with Gasteiger partial charge in [-0.25, -0.2) is 0 Å². The highest BCUT2D eigenvalue weighted by Gasteiger charge is 2.25. The van der Waals surface area contributed by atoms with Crippen molar-refractivity contribution in [3.05, 3.63) is 21.9 Å². The quantitative estimate of drug-likeness (QED) is 0.854. The molecule has 2 rings (SSSR count). The molecule has 3 heteroatoms. The molecule has 2 heterocycles. The van der Waals surface area contributed by atoms with Crippen molar-refractivity contribution in [2.45, 2.75) is 25.8 Å². The van der Waals surface area contributed by atoms with Crippen molar-refractivity contribution in [1.82, 2.24) is 5.32 Å². The average Bonchev–Trinajstić information content (AvgIpc) is 2.68. The number of hydrogen-bond donors (Lipinski definition) is 1. The largest absolute Gasteiger partial charge is 0.381 e. The highest BCUT2D eigenvalue weighted by Crippen LogP contribution is 2.32. The molecule has 84 valence electrons. The average molecular weight is 225 g/mol. The van der Waals surface area contributed by atoms with E-state index in [9.17, 15) is 0 Å². The minimum absolute atomic E-state index is 0.469. The third-order valence-electron chi connectivity index (χ3n) is 3.21. The molecule has 1 saturated heterocycles. The lowest BCUT2D eigenvalue weighted by Gasteiger charge is -2.30. The van der Waals surface area contributed by atoms with Crippen LogP contribution in [0.4, 0.5) is 0 Å². The van der Waals surface area contributed by atoms with E-state index in [1.807, 2.05) is 11.3 Å². The SMILES string of the molecule is CNC(c1ccsc1C)C1CCCOC1. The van der Waals surface area contributed by atoms with Gasteiger partial charge in [0, 0.05) is 23.4 Å². The van der Waals surface area contributed by atoms with Crippen molar-refractivity contribution in [3.8, 4) is 0 Å². The van der Waals surface area contributed by atoms with Crippen molar-refractivity contribution in [2.75, 3.05) is 20.3 Å². The predicted molar refractivity (Wildman–Crippen MR) is 64.4 cm³/mol. The van der Waals surface area contributed by atoms with Crippen molar-refractivity contribution in [1.29, 1.82) is 0 Å². The van der Waals surface area contributed by atoms with Gasteiger partial charge in [0.2, 0.25) is 0 Å². The predicted octanol–water partition coefficient (Wildman–Crippen LogP) is 2.74. The van der Waals surface area contributed by atoms with E-state index in [2.05, 4.69) is 30.7 Å². The second-order valence-corrected chi connectivity index (χ2v) is 5.30.